The fourth-order valence-electron chi connectivity index (χ4n) is 3.10. The molecule has 1 atom stereocenters. The number of anilines is 1. The summed E-state index contributed by atoms with van der Waals surface area (Å²) in [6.45, 7) is 3.04. The molecular weight excluding hydrogens is 308 g/mol. The van der Waals surface area contributed by atoms with E-state index in [4.69, 9.17) is 10.7 Å². The SMILES string of the molecule is Cc1cnc(N)c2nc(CC3CC3)n(CCCCC[S@](C)=O)c12. The minimum absolute atomic E-state index is 0.530. The Hall–Kier alpha value is -1.43. The maximum atomic E-state index is 11.1. The van der Waals surface area contributed by atoms with Gasteiger partial charge >= 0.3 is 0 Å². The Kier molecular flexibility index (Phi) is 4.99. The number of fused-ring (bicyclic) bond motifs is 1. The van der Waals surface area contributed by atoms with Crippen LogP contribution in [0.25, 0.3) is 11.0 Å². The second-order valence-electron chi connectivity index (χ2n) is 6.69. The molecule has 6 heteroatoms. The van der Waals surface area contributed by atoms with E-state index in [-0.39, 0.29) is 0 Å². The lowest BCUT2D eigenvalue weighted by Gasteiger charge is -2.10. The molecule has 2 aromatic rings. The smallest absolute Gasteiger partial charge is 0.151 e. The Labute approximate surface area is 140 Å². The van der Waals surface area contributed by atoms with Crippen LogP contribution in [0.5, 0.6) is 0 Å². The van der Waals surface area contributed by atoms with Gasteiger partial charge in [0.15, 0.2) is 5.82 Å². The van der Waals surface area contributed by atoms with Crippen LogP contribution in [-0.4, -0.2) is 30.8 Å². The number of rotatable bonds is 8. The van der Waals surface area contributed by atoms with Gasteiger partial charge in [0.05, 0.1) is 5.52 Å². The molecule has 0 aliphatic heterocycles. The largest absolute Gasteiger partial charge is 0.382 e. The van der Waals surface area contributed by atoms with Gasteiger partial charge in [0.25, 0.3) is 0 Å². The highest BCUT2D eigenvalue weighted by molar-refractivity contribution is 7.84. The van der Waals surface area contributed by atoms with Gasteiger partial charge in [0.2, 0.25) is 0 Å². The molecular formula is C17H26N4OS. The minimum Gasteiger partial charge on any atom is -0.382 e. The molecule has 1 fully saturated rings. The van der Waals surface area contributed by atoms with Gasteiger partial charge in [-0.2, -0.15) is 0 Å². The van der Waals surface area contributed by atoms with Crippen molar-refractivity contribution < 1.29 is 4.21 Å². The first kappa shape index (κ1) is 16.4. The highest BCUT2D eigenvalue weighted by Crippen LogP contribution is 2.34. The molecule has 0 bridgehead atoms. The third-order valence-corrected chi connectivity index (χ3v) is 5.41. The van der Waals surface area contributed by atoms with Gasteiger partial charge in [0.1, 0.15) is 11.3 Å². The number of imidazole rings is 1. The number of nitrogen functional groups attached to an aromatic ring is 1. The van der Waals surface area contributed by atoms with Crippen LogP contribution in [0.2, 0.25) is 0 Å². The van der Waals surface area contributed by atoms with Crippen molar-refractivity contribution >= 4 is 27.7 Å². The zero-order valence-electron chi connectivity index (χ0n) is 14.0. The maximum absolute atomic E-state index is 11.1. The fraction of sp³-hybridized carbons (Fsp3) is 0.647. The van der Waals surface area contributed by atoms with Crippen LogP contribution in [-0.2, 0) is 23.8 Å². The fourth-order valence-corrected chi connectivity index (χ4v) is 3.71. The molecule has 2 aromatic heterocycles. The Morgan fingerprint density at radius 1 is 1.35 bits per heavy atom. The molecule has 0 aromatic carbocycles. The molecule has 1 saturated carbocycles. The monoisotopic (exact) mass is 334 g/mol. The number of aromatic nitrogens is 3. The van der Waals surface area contributed by atoms with Gasteiger partial charge in [-0.05, 0) is 44.1 Å². The van der Waals surface area contributed by atoms with Crippen LogP contribution >= 0.6 is 0 Å². The van der Waals surface area contributed by atoms with Crippen molar-refractivity contribution in [3.05, 3.63) is 17.6 Å². The molecule has 0 amide bonds. The number of nitrogens with zero attached hydrogens (tertiary/aromatic N) is 3. The van der Waals surface area contributed by atoms with Gasteiger partial charge in [-0.3, -0.25) is 4.21 Å². The number of unbranched alkanes of at least 4 members (excludes halogenated alkanes) is 2. The second-order valence-corrected chi connectivity index (χ2v) is 8.24. The Morgan fingerprint density at radius 2 is 2.13 bits per heavy atom. The predicted molar refractivity (Wildman–Crippen MR) is 95.9 cm³/mol. The third-order valence-electron chi connectivity index (χ3n) is 4.54. The molecule has 3 rings (SSSR count). The van der Waals surface area contributed by atoms with E-state index in [9.17, 15) is 4.21 Å². The van der Waals surface area contributed by atoms with Crippen molar-refractivity contribution in [1.29, 1.82) is 0 Å². The highest BCUT2D eigenvalue weighted by atomic mass is 32.2. The van der Waals surface area contributed by atoms with Crippen molar-refractivity contribution in [2.75, 3.05) is 17.7 Å². The van der Waals surface area contributed by atoms with Crippen molar-refractivity contribution in [3.8, 4) is 0 Å². The van der Waals surface area contributed by atoms with Gasteiger partial charge in [-0.15, -0.1) is 0 Å². The molecule has 0 saturated heterocycles. The van der Waals surface area contributed by atoms with Crippen molar-refractivity contribution in [2.24, 2.45) is 5.92 Å². The van der Waals surface area contributed by atoms with Crippen LogP contribution < -0.4 is 5.73 Å². The van der Waals surface area contributed by atoms with Crippen LogP contribution in [0.4, 0.5) is 5.82 Å². The first-order chi connectivity index (χ1) is 11.1. The number of hydrogen-bond acceptors (Lipinski definition) is 4. The van der Waals surface area contributed by atoms with Gasteiger partial charge in [-0.25, -0.2) is 9.97 Å². The van der Waals surface area contributed by atoms with Crippen LogP contribution in [0.3, 0.4) is 0 Å². The molecule has 1 aliphatic rings. The average Bonchev–Trinajstić information content (AvgIpc) is 3.23. The summed E-state index contributed by atoms with van der Waals surface area (Å²) in [6, 6.07) is 0. The summed E-state index contributed by atoms with van der Waals surface area (Å²) >= 11 is 0. The van der Waals surface area contributed by atoms with E-state index < -0.39 is 10.8 Å². The van der Waals surface area contributed by atoms with Gasteiger partial charge < -0.3 is 10.3 Å². The summed E-state index contributed by atoms with van der Waals surface area (Å²) in [6.07, 6.45) is 10.5. The second kappa shape index (κ2) is 6.99. The Balaban J connectivity index is 1.80. The van der Waals surface area contributed by atoms with Crippen molar-refractivity contribution in [3.63, 3.8) is 0 Å². The summed E-state index contributed by atoms with van der Waals surface area (Å²) in [5.41, 5.74) is 9.18. The molecule has 2 heterocycles. The van der Waals surface area contributed by atoms with Crippen molar-refractivity contribution in [2.45, 2.75) is 52.0 Å². The normalized spacial score (nSPS) is 16.1. The molecule has 1 aliphatic carbocycles. The topological polar surface area (TPSA) is 73.8 Å². The van der Waals surface area contributed by atoms with E-state index in [0.717, 1.165) is 66.3 Å². The lowest BCUT2D eigenvalue weighted by molar-refractivity contribution is 0.581. The summed E-state index contributed by atoms with van der Waals surface area (Å²) in [4.78, 5) is 9.06. The Bertz CT molecular complexity index is 721. The summed E-state index contributed by atoms with van der Waals surface area (Å²) < 4.78 is 13.5. The molecule has 5 nitrogen and oxygen atoms in total. The van der Waals surface area contributed by atoms with Crippen LogP contribution in [0.1, 0.15) is 43.5 Å². The number of hydrogen-bond donors (Lipinski definition) is 1. The average molecular weight is 334 g/mol. The van der Waals surface area contributed by atoms with Gasteiger partial charge in [-0.1, -0.05) is 6.42 Å². The molecule has 2 N–H and O–H groups in total. The zero-order valence-corrected chi connectivity index (χ0v) is 14.9. The lowest BCUT2D eigenvalue weighted by atomic mass is 10.2. The molecule has 126 valence electrons. The minimum atomic E-state index is -0.683. The molecule has 23 heavy (non-hydrogen) atoms. The lowest BCUT2D eigenvalue weighted by Crippen LogP contribution is -2.06. The van der Waals surface area contributed by atoms with Crippen LogP contribution in [0, 0.1) is 12.8 Å². The summed E-state index contributed by atoms with van der Waals surface area (Å²) in [5, 5.41) is 0. The summed E-state index contributed by atoms with van der Waals surface area (Å²) in [7, 11) is -0.683. The number of pyridine rings is 1. The quantitative estimate of drug-likeness (QED) is 0.753. The standard InChI is InChI=1S/C17H26N4OS/c1-12-11-19-17(18)15-16(12)21(8-4-3-5-9-23(2)22)14(20-15)10-13-6-7-13/h11,13H,3-10H2,1-2H3,(H2,18,19)/t23-/m0/s1. The summed E-state index contributed by atoms with van der Waals surface area (Å²) in [5.74, 6) is 3.28. The van der Waals surface area contributed by atoms with E-state index in [1.807, 2.05) is 6.20 Å². The number of nitrogens with two attached hydrogens (primary N) is 1. The van der Waals surface area contributed by atoms with Crippen molar-refractivity contribution in [1.82, 2.24) is 14.5 Å². The Morgan fingerprint density at radius 3 is 2.83 bits per heavy atom. The first-order valence-electron chi connectivity index (χ1n) is 8.46. The van der Waals surface area contributed by atoms with E-state index in [1.54, 1.807) is 6.26 Å². The number of aryl methyl sites for hydroxylation is 2. The predicted octanol–water partition coefficient (Wildman–Crippen LogP) is 2.82. The van der Waals surface area contributed by atoms with Gasteiger partial charge in [0, 0.05) is 42.0 Å². The van der Waals surface area contributed by atoms with E-state index in [2.05, 4.69) is 16.5 Å². The van der Waals surface area contributed by atoms with E-state index in [0.29, 0.717) is 5.82 Å². The molecule has 0 radical (unpaired) electrons. The van der Waals surface area contributed by atoms with E-state index in [1.165, 1.54) is 12.8 Å². The molecule has 0 unspecified atom stereocenters. The molecule has 0 spiro atoms. The highest BCUT2D eigenvalue weighted by Gasteiger charge is 2.25. The first-order valence-corrected chi connectivity index (χ1v) is 10.2. The third kappa shape index (κ3) is 3.91. The maximum Gasteiger partial charge on any atom is 0.151 e. The zero-order chi connectivity index (χ0) is 16.4. The van der Waals surface area contributed by atoms with E-state index >= 15 is 0 Å². The van der Waals surface area contributed by atoms with Crippen LogP contribution in [0.15, 0.2) is 6.20 Å².